The number of hydrogen-bond acceptors (Lipinski definition) is 3. The van der Waals surface area contributed by atoms with Crippen LogP contribution in [0, 0.1) is 29.1 Å². The maximum absolute atomic E-state index is 14.0. The molecular formula is C14H7ClF5NO4S. The smallest absolute Gasteiger partial charge is 0.324 e. The molecule has 0 aromatic heterocycles. The number of carbonyl (C=O) groups is 1. The first kappa shape index (κ1) is 19.9. The lowest BCUT2D eigenvalue weighted by Crippen LogP contribution is -2.37. The van der Waals surface area contributed by atoms with Crippen LogP contribution in [0.25, 0.3) is 0 Å². The standard InChI is InChI=1S/C14H7ClF5NO4S/c15-6-1-3-7(4-2-6)26(24,25)21(5-8(22)23)14-12(19)10(17)9(16)11(18)13(14)20/h1-4H,5H2,(H,22,23). The molecule has 2 rings (SSSR count). The molecule has 0 heterocycles. The van der Waals surface area contributed by atoms with Crippen molar-refractivity contribution in [1.82, 2.24) is 0 Å². The molecule has 0 aliphatic heterocycles. The van der Waals surface area contributed by atoms with Crippen molar-refractivity contribution in [3.8, 4) is 0 Å². The lowest BCUT2D eigenvalue weighted by molar-refractivity contribution is -0.135. The zero-order chi connectivity index (χ0) is 19.8. The number of nitrogens with zero attached hydrogens (tertiary/aromatic N) is 1. The van der Waals surface area contributed by atoms with Gasteiger partial charge in [0.2, 0.25) is 5.82 Å². The molecule has 0 unspecified atom stereocenters. The van der Waals surface area contributed by atoms with E-state index in [4.69, 9.17) is 16.7 Å². The number of carboxylic acids is 1. The monoisotopic (exact) mass is 415 g/mol. The van der Waals surface area contributed by atoms with Gasteiger partial charge in [0.25, 0.3) is 10.0 Å². The van der Waals surface area contributed by atoms with Gasteiger partial charge in [-0.1, -0.05) is 11.6 Å². The third-order valence-corrected chi connectivity index (χ3v) is 5.13. The van der Waals surface area contributed by atoms with Gasteiger partial charge < -0.3 is 5.11 Å². The molecule has 0 fully saturated rings. The van der Waals surface area contributed by atoms with Crippen molar-refractivity contribution in [2.45, 2.75) is 4.90 Å². The summed E-state index contributed by atoms with van der Waals surface area (Å²) in [6.45, 7) is -1.59. The maximum atomic E-state index is 14.0. The number of hydrogen-bond donors (Lipinski definition) is 1. The molecule has 12 heteroatoms. The number of aliphatic carboxylic acids is 1. The number of benzene rings is 2. The average molecular weight is 416 g/mol. The first-order valence-electron chi connectivity index (χ1n) is 6.50. The quantitative estimate of drug-likeness (QED) is 0.462. The zero-order valence-electron chi connectivity index (χ0n) is 12.3. The molecule has 0 aliphatic rings. The van der Waals surface area contributed by atoms with Gasteiger partial charge in [-0.2, -0.15) is 0 Å². The van der Waals surface area contributed by atoms with Crippen LogP contribution < -0.4 is 4.31 Å². The van der Waals surface area contributed by atoms with Crippen molar-refractivity contribution < 1.29 is 40.3 Å². The van der Waals surface area contributed by atoms with E-state index in [-0.39, 0.29) is 5.02 Å². The molecule has 0 saturated heterocycles. The summed E-state index contributed by atoms with van der Waals surface area (Å²) >= 11 is 5.59. The lowest BCUT2D eigenvalue weighted by atomic mass is 10.2. The molecular weight excluding hydrogens is 409 g/mol. The van der Waals surface area contributed by atoms with Crippen molar-refractivity contribution in [1.29, 1.82) is 0 Å². The van der Waals surface area contributed by atoms with Crippen LogP contribution in [0.4, 0.5) is 27.6 Å². The Morgan fingerprint density at radius 1 is 0.923 bits per heavy atom. The zero-order valence-corrected chi connectivity index (χ0v) is 13.9. The summed E-state index contributed by atoms with van der Waals surface area (Å²) in [5.41, 5.74) is -1.90. The van der Waals surface area contributed by atoms with Crippen molar-refractivity contribution in [2.75, 3.05) is 10.8 Å². The van der Waals surface area contributed by atoms with Gasteiger partial charge in [0.05, 0.1) is 4.90 Å². The third kappa shape index (κ3) is 3.44. The minimum absolute atomic E-state index is 0.0879. The minimum atomic E-state index is -5.00. The van der Waals surface area contributed by atoms with Gasteiger partial charge >= 0.3 is 5.97 Å². The summed E-state index contributed by atoms with van der Waals surface area (Å²) in [6, 6.07) is 3.90. The summed E-state index contributed by atoms with van der Waals surface area (Å²) in [6.07, 6.45) is 0. The predicted octanol–water partition coefficient (Wildman–Crippen LogP) is 3.32. The second-order valence-electron chi connectivity index (χ2n) is 4.78. The number of carboxylic acid groups (broad SMARTS) is 1. The second-order valence-corrected chi connectivity index (χ2v) is 7.08. The van der Waals surface area contributed by atoms with E-state index in [9.17, 15) is 35.2 Å². The number of anilines is 1. The van der Waals surface area contributed by atoms with E-state index in [0.717, 1.165) is 24.3 Å². The first-order valence-corrected chi connectivity index (χ1v) is 8.31. The van der Waals surface area contributed by atoms with E-state index in [2.05, 4.69) is 0 Å². The second kappa shape index (κ2) is 7.08. The molecule has 0 saturated carbocycles. The summed E-state index contributed by atoms with van der Waals surface area (Å²) < 4.78 is 92.6. The van der Waals surface area contributed by atoms with Crippen LogP contribution in [-0.2, 0) is 14.8 Å². The van der Waals surface area contributed by atoms with Crippen LogP contribution >= 0.6 is 11.6 Å². The van der Waals surface area contributed by atoms with Crippen LogP contribution in [0.5, 0.6) is 0 Å². The highest BCUT2D eigenvalue weighted by atomic mass is 35.5. The highest BCUT2D eigenvalue weighted by Crippen LogP contribution is 2.33. The van der Waals surface area contributed by atoms with E-state index in [0.29, 0.717) is 0 Å². The van der Waals surface area contributed by atoms with Crippen LogP contribution in [0.2, 0.25) is 5.02 Å². The van der Waals surface area contributed by atoms with Crippen LogP contribution in [0.3, 0.4) is 0 Å². The topological polar surface area (TPSA) is 74.7 Å². The molecule has 0 aliphatic carbocycles. The Morgan fingerprint density at radius 2 is 1.35 bits per heavy atom. The SMILES string of the molecule is O=C(O)CN(c1c(F)c(F)c(F)c(F)c1F)S(=O)(=O)c1ccc(Cl)cc1. The Balaban J connectivity index is 2.78. The molecule has 0 bridgehead atoms. The van der Waals surface area contributed by atoms with E-state index < -0.39 is 66.5 Å². The van der Waals surface area contributed by atoms with Gasteiger partial charge in [0.1, 0.15) is 12.2 Å². The van der Waals surface area contributed by atoms with Gasteiger partial charge in [-0.25, -0.2) is 34.7 Å². The van der Waals surface area contributed by atoms with E-state index in [1.54, 1.807) is 0 Å². The van der Waals surface area contributed by atoms with Crippen molar-refractivity contribution >= 4 is 33.3 Å². The molecule has 5 nitrogen and oxygen atoms in total. The van der Waals surface area contributed by atoms with Gasteiger partial charge in [-0.15, -0.1) is 0 Å². The molecule has 2 aromatic carbocycles. The van der Waals surface area contributed by atoms with Gasteiger partial charge in [-0.05, 0) is 24.3 Å². The van der Waals surface area contributed by atoms with Gasteiger partial charge in [0, 0.05) is 5.02 Å². The van der Waals surface area contributed by atoms with Crippen LogP contribution in [0.15, 0.2) is 29.2 Å². The highest BCUT2D eigenvalue weighted by Gasteiger charge is 2.36. The molecule has 0 atom stereocenters. The fourth-order valence-electron chi connectivity index (χ4n) is 1.95. The average Bonchev–Trinajstić information content (AvgIpc) is 2.57. The molecule has 1 N–H and O–H groups in total. The normalized spacial score (nSPS) is 11.5. The molecule has 26 heavy (non-hydrogen) atoms. The van der Waals surface area contributed by atoms with Crippen molar-refractivity contribution in [3.05, 3.63) is 58.4 Å². The fourth-order valence-corrected chi connectivity index (χ4v) is 3.49. The van der Waals surface area contributed by atoms with Gasteiger partial charge in [-0.3, -0.25) is 4.79 Å². The summed E-state index contributed by atoms with van der Waals surface area (Å²) in [7, 11) is -5.00. The fraction of sp³-hybridized carbons (Fsp3) is 0.0714. The molecule has 0 amide bonds. The van der Waals surface area contributed by atoms with Crippen LogP contribution in [0.1, 0.15) is 0 Å². The Labute approximate surface area is 148 Å². The Morgan fingerprint density at radius 3 is 1.77 bits per heavy atom. The van der Waals surface area contributed by atoms with Gasteiger partial charge in [0.15, 0.2) is 23.3 Å². The Bertz CT molecular complexity index is 953. The number of halogens is 6. The lowest BCUT2D eigenvalue weighted by Gasteiger charge is -2.24. The Hall–Kier alpha value is -2.40. The van der Waals surface area contributed by atoms with E-state index >= 15 is 0 Å². The first-order chi connectivity index (χ1) is 12.0. The van der Waals surface area contributed by atoms with Crippen LogP contribution in [-0.4, -0.2) is 26.0 Å². The maximum Gasteiger partial charge on any atom is 0.324 e. The molecule has 140 valence electrons. The molecule has 0 spiro atoms. The van der Waals surface area contributed by atoms with Crippen molar-refractivity contribution in [2.24, 2.45) is 0 Å². The summed E-state index contributed by atoms with van der Waals surface area (Å²) in [4.78, 5) is 10.3. The predicted molar refractivity (Wildman–Crippen MR) is 79.9 cm³/mol. The van der Waals surface area contributed by atoms with E-state index in [1.807, 2.05) is 0 Å². The third-order valence-electron chi connectivity index (χ3n) is 3.12. The molecule has 0 radical (unpaired) electrons. The number of sulfonamides is 1. The number of rotatable bonds is 5. The highest BCUT2D eigenvalue weighted by molar-refractivity contribution is 7.92. The minimum Gasteiger partial charge on any atom is -0.480 e. The molecule has 2 aromatic rings. The Kier molecular flexibility index (Phi) is 5.42. The largest absolute Gasteiger partial charge is 0.480 e. The summed E-state index contributed by atoms with van der Waals surface area (Å²) in [5, 5.41) is 8.93. The van der Waals surface area contributed by atoms with Crippen molar-refractivity contribution in [3.63, 3.8) is 0 Å². The summed E-state index contributed by atoms with van der Waals surface area (Å²) in [5.74, 6) is -14.2. The van der Waals surface area contributed by atoms with E-state index in [1.165, 1.54) is 0 Å².